The molecule has 1 heterocycles. The summed E-state index contributed by atoms with van der Waals surface area (Å²) in [5.74, 6) is -4.05. The summed E-state index contributed by atoms with van der Waals surface area (Å²) in [6, 6.07) is 1.27. The molecule has 118 valence electrons. The maximum absolute atomic E-state index is 14.6. The Labute approximate surface area is 139 Å². The lowest BCUT2D eigenvalue weighted by atomic mass is 9.68. The second kappa shape index (κ2) is 6.50. The van der Waals surface area contributed by atoms with Gasteiger partial charge in [0.05, 0.1) is 20.1 Å². The van der Waals surface area contributed by atoms with Gasteiger partial charge in [-0.2, -0.15) is 0 Å². The van der Waals surface area contributed by atoms with Gasteiger partial charge in [0, 0.05) is 6.42 Å². The van der Waals surface area contributed by atoms with Crippen LogP contribution in [0.4, 0.5) is 8.78 Å². The van der Waals surface area contributed by atoms with Crippen molar-refractivity contribution in [1.82, 2.24) is 0 Å². The zero-order valence-corrected chi connectivity index (χ0v) is 14.5. The van der Waals surface area contributed by atoms with Crippen LogP contribution in [-0.2, 0) is 10.7 Å². The zero-order valence-electron chi connectivity index (χ0n) is 11.3. The molecular weight excluding hydrogens is 386 g/mol. The molecule has 0 unspecified atom stereocenters. The van der Waals surface area contributed by atoms with Crippen molar-refractivity contribution in [2.24, 2.45) is 5.41 Å². The molecule has 1 aliphatic carbocycles. The maximum atomic E-state index is 14.6. The van der Waals surface area contributed by atoms with Crippen LogP contribution >= 0.6 is 38.9 Å². The summed E-state index contributed by atoms with van der Waals surface area (Å²) >= 11 is 9.89. The van der Waals surface area contributed by atoms with Gasteiger partial charge in [0.2, 0.25) is 0 Å². The van der Waals surface area contributed by atoms with E-state index in [1.165, 1.54) is 6.07 Å². The van der Waals surface area contributed by atoms with Gasteiger partial charge in [-0.3, -0.25) is 4.79 Å². The molecule has 0 saturated heterocycles. The van der Waals surface area contributed by atoms with Crippen molar-refractivity contribution in [2.45, 2.75) is 50.9 Å². The molecule has 2 rings (SSSR count). The minimum absolute atomic E-state index is 0.102. The second-order valence-electron chi connectivity index (χ2n) is 5.74. The quantitative estimate of drug-likeness (QED) is 0.650. The van der Waals surface area contributed by atoms with Crippen LogP contribution in [0.5, 0.6) is 0 Å². The zero-order chi connectivity index (χ0) is 15.7. The summed E-state index contributed by atoms with van der Waals surface area (Å²) < 4.78 is 29.6. The molecule has 1 saturated carbocycles. The third kappa shape index (κ3) is 4.17. The number of carboxylic acids is 1. The van der Waals surface area contributed by atoms with Gasteiger partial charge in [-0.1, -0.05) is 30.9 Å². The summed E-state index contributed by atoms with van der Waals surface area (Å²) in [5.41, 5.74) is -0.809. The number of hydrogen-bond acceptors (Lipinski definition) is 2. The van der Waals surface area contributed by atoms with Crippen LogP contribution in [0.2, 0.25) is 5.02 Å². The van der Waals surface area contributed by atoms with Gasteiger partial charge >= 0.3 is 5.97 Å². The van der Waals surface area contributed by atoms with Gasteiger partial charge in [0.15, 0.2) is 0 Å². The van der Waals surface area contributed by atoms with Crippen LogP contribution in [0, 0.1) is 5.41 Å². The number of carbonyl (C=O) groups is 1. The lowest BCUT2D eigenvalue weighted by Crippen LogP contribution is -2.33. The first-order valence-electron chi connectivity index (χ1n) is 6.79. The number of rotatable bonds is 5. The Morgan fingerprint density at radius 3 is 2.52 bits per heavy atom. The number of aliphatic carboxylic acids is 1. The van der Waals surface area contributed by atoms with Crippen molar-refractivity contribution in [3.8, 4) is 0 Å². The molecule has 0 atom stereocenters. The summed E-state index contributed by atoms with van der Waals surface area (Å²) in [7, 11) is 0. The van der Waals surface area contributed by atoms with Crippen molar-refractivity contribution in [2.75, 3.05) is 0 Å². The molecule has 1 aromatic heterocycles. The topological polar surface area (TPSA) is 37.3 Å². The van der Waals surface area contributed by atoms with E-state index in [0.29, 0.717) is 16.6 Å². The first kappa shape index (κ1) is 17.2. The summed E-state index contributed by atoms with van der Waals surface area (Å²) in [4.78, 5) is 11.0. The van der Waals surface area contributed by atoms with E-state index >= 15 is 0 Å². The van der Waals surface area contributed by atoms with Crippen LogP contribution in [0.3, 0.4) is 0 Å². The molecule has 0 spiro atoms. The van der Waals surface area contributed by atoms with Gasteiger partial charge < -0.3 is 5.11 Å². The SMILES string of the molecule is O=C(O)CC1(CC(F)(F)c2cc(Cl)c(Br)s2)CCCCC1. The van der Waals surface area contributed by atoms with Crippen molar-refractivity contribution in [3.63, 3.8) is 0 Å². The fraction of sp³-hybridized carbons (Fsp3) is 0.643. The monoisotopic (exact) mass is 400 g/mol. The summed E-state index contributed by atoms with van der Waals surface area (Å²) in [6.07, 6.45) is 3.11. The number of thiophene rings is 1. The summed E-state index contributed by atoms with van der Waals surface area (Å²) in [5, 5.41) is 9.34. The van der Waals surface area contributed by atoms with E-state index < -0.39 is 23.7 Å². The normalized spacial score (nSPS) is 18.7. The molecule has 0 aromatic carbocycles. The molecule has 0 amide bonds. The smallest absolute Gasteiger partial charge is 0.303 e. The standard InChI is InChI=1S/C14H16BrClF2O2S/c15-12-9(16)6-10(21-12)14(17,18)8-13(7-11(19)20)4-2-1-3-5-13/h6H,1-5,7-8H2,(H,19,20). The molecule has 1 fully saturated rings. The summed E-state index contributed by atoms with van der Waals surface area (Å²) in [6.45, 7) is 0. The Balaban J connectivity index is 2.23. The van der Waals surface area contributed by atoms with Crippen LogP contribution in [0.25, 0.3) is 0 Å². The van der Waals surface area contributed by atoms with Gasteiger partial charge in [0.25, 0.3) is 5.92 Å². The lowest BCUT2D eigenvalue weighted by Gasteiger charge is -2.38. The predicted molar refractivity (Wildman–Crippen MR) is 83.3 cm³/mol. The first-order chi connectivity index (χ1) is 9.74. The highest BCUT2D eigenvalue weighted by atomic mass is 79.9. The fourth-order valence-electron chi connectivity index (χ4n) is 3.12. The number of carboxylic acid groups (broad SMARTS) is 1. The molecular formula is C14H16BrClF2O2S. The molecule has 0 bridgehead atoms. The molecule has 1 N–H and O–H groups in total. The molecule has 2 nitrogen and oxygen atoms in total. The van der Waals surface area contributed by atoms with Crippen LogP contribution in [0.15, 0.2) is 9.85 Å². The Hall–Kier alpha value is -0.200. The van der Waals surface area contributed by atoms with Crippen molar-refractivity contribution in [3.05, 3.63) is 19.8 Å². The number of hydrogen-bond donors (Lipinski definition) is 1. The minimum Gasteiger partial charge on any atom is -0.481 e. The highest BCUT2D eigenvalue weighted by Crippen LogP contribution is 2.51. The first-order valence-corrected chi connectivity index (χ1v) is 8.78. The third-order valence-corrected chi connectivity index (χ3v) is 6.63. The Bertz CT molecular complexity index is 508. The second-order valence-corrected chi connectivity index (χ2v) is 8.52. The van der Waals surface area contributed by atoms with E-state index in [1.807, 2.05) is 0 Å². The van der Waals surface area contributed by atoms with Gasteiger partial charge in [-0.15, -0.1) is 11.3 Å². The minimum atomic E-state index is -3.05. The fourth-order valence-corrected chi connectivity index (χ4v) is 4.80. The lowest BCUT2D eigenvalue weighted by molar-refractivity contribution is -0.143. The van der Waals surface area contributed by atoms with Crippen molar-refractivity contribution < 1.29 is 18.7 Å². The van der Waals surface area contributed by atoms with Gasteiger partial charge in [-0.25, -0.2) is 8.78 Å². The Kier molecular flexibility index (Phi) is 5.31. The molecule has 1 aliphatic rings. The molecule has 7 heteroatoms. The molecule has 21 heavy (non-hydrogen) atoms. The average molecular weight is 402 g/mol. The third-order valence-electron chi connectivity index (χ3n) is 4.04. The van der Waals surface area contributed by atoms with E-state index in [2.05, 4.69) is 15.9 Å². The van der Waals surface area contributed by atoms with E-state index in [1.54, 1.807) is 0 Å². The molecule has 0 aliphatic heterocycles. The highest BCUT2D eigenvalue weighted by Gasteiger charge is 2.46. The average Bonchev–Trinajstić information content (AvgIpc) is 2.69. The van der Waals surface area contributed by atoms with Crippen molar-refractivity contribution in [1.29, 1.82) is 0 Å². The van der Waals surface area contributed by atoms with E-state index in [4.69, 9.17) is 16.7 Å². The van der Waals surface area contributed by atoms with E-state index in [9.17, 15) is 13.6 Å². The Morgan fingerprint density at radius 2 is 2.05 bits per heavy atom. The highest BCUT2D eigenvalue weighted by molar-refractivity contribution is 9.11. The van der Waals surface area contributed by atoms with Crippen LogP contribution in [0.1, 0.15) is 49.8 Å². The van der Waals surface area contributed by atoms with Crippen molar-refractivity contribution >= 4 is 44.8 Å². The van der Waals surface area contributed by atoms with E-state index in [0.717, 1.165) is 30.6 Å². The number of alkyl halides is 2. The van der Waals surface area contributed by atoms with Gasteiger partial charge in [-0.05, 0) is 40.3 Å². The van der Waals surface area contributed by atoms with E-state index in [-0.39, 0.29) is 16.3 Å². The van der Waals surface area contributed by atoms with Crippen LogP contribution < -0.4 is 0 Å². The maximum Gasteiger partial charge on any atom is 0.303 e. The molecule has 1 aromatic rings. The molecule has 0 radical (unpaired) electrons. The van der Waals surface area contributed by atoms with Gasteiger partial charge in [0.1, 0.15) is 0 Å². The number of halogens is 4. The van der Waals surface area contributed by atoms with Crippen LogP contribution in [-0.4, -0.2) is 11.1 Å². The predicted octanol–water partition coefficient (Wildman–Crippen LogP) is 6.07. The largest absolute Gasteiger partial charge is 0.481 e. The Morgan fingerprint density at radius 1 is 1.43 bits per heavy atom.